The van der Waals surface area contributed by atoms with Crippen molar-refractivity contribution in [1.29, 1.82) is 0 Å². The molecule has 0 radical (unpaired) electrons. The number of methoxy groups -OCH3 is 1. The van der Waals surface area contributed by atoms with Crippen molar-refractivity contribution in [2.45, 2.75) is 73.3 Å². The Hall–Kier alpha value is -6.84. The molecule has 2 aromatic carbocycles. The number of benzene rings is 2. The number of aliphatic hydroxyl groups is 1. The molecule has 21 heteroatoms. The van der Waals surface area contributed by atoms with Gasteiger partial charge in [0.05, 0.1) is 46.0 Å². The highest BCUT2D eigenvalue weighted by atomic mass is 32.1. The van der Waals surface area contributed by atoms with Gasteiger partial charge in [0.1, 0.15) is 28.2 Å². The summed E-state index contributed by atoms with van der Waals surface area (Å²) in [5, 5.41) is 22.9. The SMILES string of the molecule is CCc1nc(C)sc1C(O)Nc1nc2cc(C(N)=O)cc(OCCCN3CCN(C(C)=O)CC3)c2n1C/C=C/Cn1c(NC(=O)c2cc(C)nn2CC)nc2cc(C(N)=O)cc(OC)c21. The van der Waals surface area contributed by atoms with Crippen molar-refractivity contribution in [3.05, 3.63) is 80.6 Å². The summed E-state index contributed by atoms with van der Waals surface area (Å²) in [7, 11) is 1.47. The molecule has 1 saturated heterocycles. The Labute approximate surface area is 379 Å². The quantitative estimate of drug-likeness (QED) is 0.0438. The topological polar surface area (TPSA) is 256 Å². The minimum atomic E-state index is -1.16. The van der Waals surface area contributed by atoms with Gasteiger partial charge in [0, 0.05) is 70.4 Å². The number of nitrogens with one attached hydrogen (secondary N) is 2. The number of aryl methyl sites for hydroxylation is 4. The number of carbonyl (C=O) groups excluding carboxylic acids is 4. The highest BCUT2D eigenvalue weighted by molar-refractivity contribution is 7.11. The molecule has 7 N–H and O–H groups in total. The molecule has 0 saturated carbocycles. The zero-order valence-electron chi connectivity index (χ0n) is 37.4. The fourth-order valence-corrected chi connectivity index (χ4v) is 8.92. The lowest BCUT2D eigenvalue weighted by atomic mass is 10.1. The number of primary amides is 2. The number of hydrogen-bond acceptors (Lipinski definition) is 14. The molecule has 20 nitrogen and oxygen atoms in total. The van der Waals surface area contributed by atoms with Crippen LogP contribution in [0.5, 0.6) is 11.5 Å². The van der Waals surface area contributed by atoms with Gasteiger partial charge < -0.3 is 45.4 Å². The lowest BCUT2D eigenvalue weighted by Crippen LogP contribution is -2.48. The second-order valence-electron chi connectivity index (χ2n) is 15.6. The average Bonchev–Trinajstić information content (AvgIpc) is 4.05. The standard InChI is InChI=1S/C44H55N13O7S/c1-7-30-38(65-26(4)47-30)42(62)51-44-49-32-22-29(40(46)60)24-35(64-19-11-12-53-15-17-54(18-16-53)27(5)58)37(32)56(44)14-10-9-13-55-36-31(21-28(39(45)59)23-34(36)63-6)48-43(55)50-41(61)33-20-25(3)52-57(33)8-2/h9-10,20-24,42,62H,7-8,11-19H2,1-6H3,(H2,45,59)(H2,46,60)(H,49,51)(H,48,50,61)/b10-9+. The molecule has 1 aliphatic heterocycles. The molecule has 1 aliphatic rings. The summed E-state index contributed by atoms with van der Waals surface area (Å²) >= 11 is 1.39. The third kappa shape index (κ3) is 10.1. The van der Waals surface area contributed by atoms with Crippen molar-refractivity contribution < 1.29 is 33.8 Å². The van der Waals surface area contributed by atoms with E-state index in [0.29, 0.717) is 94.9 Å². The number of amides is 4. The number of thiazole rings is 1. The third-order valence-electron chi connectivity index (χ3n) is 11.2. The number of rotatable bonds is 19. The zero-order valence-corrected chi connectivity index (χ0v) is 38.2. The van der Waals surface area contributed by atoms with Crippen LogP contribution in [0.15, 0.2) is 42.5 Å². The summed E-state index contributed by atoms with van der Waals surface area (Å²) < 4.78 is 17.4. The maximum Gasteiger partial charge on any atom is 0.276 e. The van der Waals surface area contributed by atoms with Crippen molar-refractivity contribution >= 4 is 68.9 Å². The van der Waals surface area contributed by atoms with Crippen LogP contribution in [0.4, 0.5) is 11.9 Å². The lowest BCUT2D eigenvalue weighted by molar-refractivity contribution is -0.130. The second kappa shape index (κ2) is 19.9. The van der Waals surface area contributed by atoms with Gasteiger partial charge in [-0.2, -0.15) is 5.10 Å². The van der Waals surface area contributed by atoms with Crippen LogP contribution in [0.2, 0.25) is 0 Å². The summed E-state index contributed by atoms with van der Waals surface area (Å²) in [5.74, 6) is -0.484. The molecule has 0 spiro atoms. The number of aromatic nitrogens is 7. The van der Waals surface area contributed by atoms with Crippen molar-refractivity contribution in [3.8, 4) is 11.5 Å². The number of carbonyl (C=O) groups is 4. The molecule has 0 bridgehead atoms. The fraction of sp³-hybridized carbons (Fsp3) is 0.409. The summed E-state index contributed by atoms with van der Waals surface area (Å²) in [6.45, 7) is 13.9. The van der Waals surface area contributed by atoms with E-state index < -0.39 is 23.9 Å². The third-order valence-corrected chi connectivity index (χ3v) is 12.2. The van der Waals surface area contributed by atoms with E-state index in [9.17, 15) is 24.3 Å². The van der Waals surface area contributed by atoms with Gasteiger partial charge in [-0.25, -0.2) is 15.0 Å². The second-order valence-corrected chi connectivity index (χ2v) is 16.8. The maximum absolute atomic E-state index is 13.7. The first-order valence-corrected chi connectivity index (χ1v) is 22.3. The monoisotopic (exact) mass is 909 g/mol. The van der Waals surface area contributed by atoms with Gasteiger partial charge in [0.15, 0.2) is 6.23 Å². The van der Waals surface area contributed by atoms with Crippen molar-refractivity contribution in [1.82, 2.24) is 43.7 Å². The molecule has 4 aromatic heterocycles. The summed E-state index contributed by atoms with van der Waals surface area (Å²) in [4.78, 5) is 69.4. The van der Waals surface area contributed by atoms with Crippen LogP contribution >= 0.6 is 11.3 Å². The van der Waals surface area contributed by atoms with Crippen LogP contribution < -0.4 is 31.6 Å². The first-order chi connectivity index (χ1) is 31.2. The summed E-state index contributed by atoms with van der Waals surface area (Å²) in [5.41, 5.74) is 15.5. The number of nitrogens with zero attached hydrogens (tertiary/aromatic N) is 9. The number of imidazole rings is 2. The first-order valence-electron chi connectivity index (χ1n) is 21.4. The van der Waals surface area contributed by atoms with Gasteiger partial charge in [-0.15, -0.1) is 11.3 Å². The molecule has 6 aromatic rings. The van der Waals surface area contributed by atoms with E-state index in [0.717, 1.165) is 30.3 Å². The molecule has 65 heavy (non-hydrogen) atoms. The molecule has 5 heterocycles. The summed E-state index contributed by atoms with van der Waals surface area (Å²) in [6, 6.07) is 7.96. The van der Waals surface area contributed by atoms with Gasteiger partial charge in [0.2, 0.25) is 29.6 Å². The molecule has 1 unspecified atom stereocenters. The van der Waals surface area contributed by atoms with Crippen LogP contribution in [0, 0.1) is 13.8 Å². The Bertz CT molecular complexity index is 2780. The van der Waals surface area contributed by atoms with Crippen LogP contribution in [-0.2, 0) is 30.8 Å². The predicted octanol–water partition coefficient (Wildman–Crippen LogP) is 3.99. The molecule has 4 amide bonds. The maximum atomic E-state index is 13.7. The molecular formula is C44H55N13O7S. The summed E-state index contributed by atoms with van der Waals surface area (Å²) in [6.07, 6.45) is 3.89. The largest absolute Gasteiger partial charge is 0.494 e. The van der Waals surface area contributed by atoms with Crippen molar-refractivity contribution in [2.24, 2.45) is 11.5 Å². The molecular weight excluding hydrogens is 855 g/mol. The van der Waals surface area contributed by atoms with Crippen molar-refractivity contribution in [3.63, 3.8) is 0 Å². The highest BCUT2D eigenvalue weighted by Crippen LogP contribution is 2.35. The number of nitrogens with two attached hydrogens (primary N) is 2. The molecule has 344 valence electrons. The normalized spacial score (nSPS) is 13.8. The Balaban J connectivity index is 1.23. The Morgan fingerprint density at radius 1 is 0.877 bits per heavy atom. The molecule has 1 fully saturated rings. The van der Waals surface area contributed by atoms with Gasteiger partial charge in [-0.1, -0.05) is 19.1 Å². The number of aliphatic hydroxyl groups excluding tert-OH is 1. The van der Waals surface area contributed by atoms with E-state index in [2.05, 4.69) is 25.6 Å². The van der Waals surface area contributed by atoms with E-state index in [1.54, 1.807) is 47.4 Å². The van der Waals surface area contributed by atoms with Gasteiger partial charge in [-0.3, -0.25) is 34.1 Å². The Morgan fingerprint density at radius 2 is 1.49 bits per heavy atom. The lowest BCUT2D eigenvalue weighted by Gasteiger charge is -2.34. The van der Waals surface area contributed by atoms with Crippen LogP contribution in [-0.4, -0.2) is 119 Å². The molecule has 7 rings (SSSR count). The van der Waals surface area contributed by atoms with Crippen LogP contribution in [0.3, 0.4) is 0 Å². The molecule has 1 atom stereocenters. The number of hydrogen-bond donors (Lipinski definition) is 5. The van der Waals surface area contributed by atoms with E-state index in [1.165, 1.54) is 24.5 Å². The van der Waals surface area contributed by atoms with Gasteiger partial charge in [-0.05, 0) is 63.9 Å². The Morgan fingerprint density at radius 3 is 2.09 bits per heavy atom. The number of piperazine rings is 1. The van der Waals surface area contributed by atoms with E-state index in [4.69, 9.17) is 30.9 Å². The van der Waals surface area contributed by atoms with Gasteiger partial charge >= 0.3 is 0 Å². The smallest absolute Gasteiger partial charge is 0.276 e. The number of allylic oxidation sites excluding steroid dienone is 2. The van der Waals surface area contributed by atoms with Crippen LogP contribution in [0.1, 0.15) is 85.9 Å². The van der Waals surface area contributed by atoms with E-state index in [1.807, 2.05) is 42.4 Å². The number of fused-ring (bicyclic) bond motifs is 2. The minimum Gasteiger partial charge on any atom is -0.494 e. The van der Waals surface area contributed by atoms with Crippen molar-refractivity contribution in [2.75, 3.05) is 57.1 Å². The average molecular weight is 910 g/mol. The highest BCUT2D eigenvalue weighted by Gasteiger charge is 2.25. The number of anilines is 2. The minimum absolute atomic E-state index is 0.0724. The predicted molar refractivity (Wildman–Crippen MR) is 246 cm³/mol. The molecule has 0 aliphatic carbocycles. The van der Waals surface area contributed by atoms with E-state index >= 15 is 0 Å². The first kappa shape index (κ1) is 46.2. The fourth-order valence-electron chi connectivity index (χ4n) is 7.96. The van der Waals surface area contributed by atoms with Gasteiger partial charge in [0.25, 0.3) is 5.91 Å². The zero-order chi connectivity index (χ0) is 46.5. The Kier molecular flexibility index (Phi) is 14.1. The van der Waals surface area contributed by atoms with Crippen LogP contribution in [0.25, 0.3) is 22.1 Å². The number of ether oxygens (including phenoxy) is 2. The van der Waals surface area contributed by atoms with E-state index in [-0.39, 0.29) is 36.1 Å².